The molecule has 0 radical (unpaired) electrons. The zero-order chi connectivity index (χ0) is 28.0. The van der Waals surface area contributed by atoms with Crippen molar-refractivity contribution < 1.29 is 28.7 Å². The Bertz CT molecular complexity index is 917. The van der Waals surface area contributed by atoms with E-state index in [4.69, 9.17) is 10.5 Å². The summed E-state index contributed by atoms with van der Waals surface area (Å²) in [5.74, 6) is -1.37. The lowest BCUT2D eigenvalue weighted by Gasteiger charge is -2.25. The predicted octanol–water partition coefficient (Wildman–Crippen LogP) is 2.20. The monoisotopic (exact) mass is 519 g/mol. The highest BCUT2D eigenvalue weighted by molar-refractivity contribution is 5.98. The Hall–Kier alpha value is -3.63. The number of nitrogens with two attached hydrogens (primary N) is 1. The molecule has 0 bridgehead atoms. The van der Waals surface area contributed by atoms with Crippen LogP contribution >= 0.6 is 0 Å². The number of urea groups is 1. The molecule has 0 aliphatic carbocycles. The van der Waals surface area contributed by atoms with E-state index in [-0.39, 0.29) is 31.4 Å². The third-order valence-corrected chi connectivity index (χ3v) is 5.48. The molecule has 0 heterocycles. The molecule has 0 spiro atoms. The van der Waals surface area contributed by atoms with Gasteiger partial charge in [-0.15, -0.1) is 0 Å². The van der Waals surface area contributed by atoms with Crippen molar-refractivity contribution in [3.05, 3.63) is 29.8 Å². The molecule has 0 fully saturated rings. The number of benzene rings is 1. The SMILES string of the molecule is CC(=O)OCc1ccc(NC(=O)[C@H](CCCNC(N)=O)NC(=O)C(NC(=O)CCC(C)C)C(C)C)cc1. The Morgan fingerprint density at radius 1 is 0.919 bits per heavy atom. The Morgan fingerprint density at radius 2 is 1.57 bits per heavy atom. The molecule has 0 aromatic heterocycles. The molecule has 37 heavy (non-hydrogen) atoms. The largest absolute Gasteiger partial charge is 0.461 e. The van der Waals surface area contributed by atoms with Gasteiger partial charge in [-0.25, -0.2) is 4.79 Å². The number of ether oxygens (including phenoxy) is 1. The molecule has 0 saturated carbocycles. The van der Waals surface area contributed by atoms with Gasteiger partial charge >= 0.3 is 12.0 Å². The summed E-state index contributed by atoms with van der Waals surface area (Å²) in [7, 11) is 0. The fourth-order valence-electron chi connectivity index (χ4n) is 3.35. The number of carbonyl (C=O) groups excluding carboxylic acids is 5. The summed E-state index contributed by atoms with van der Waals surface area (Å²) >= 11 is 0. The molecule has 1 aromatic carbocycles. The first-order valence-corrected chi connectivity index (χ1v) is 12.5. The van der Waals surface area contributed by atoms with E-state index in [1.807, 2.05) is 27.7 Å². The van der Waals surface area contributed by atoms with E-state index < -0.39 is 35.9 Å². The van der Waals surface area contributed by atoms with Crippen LogP contribution in [0.3, 0.4) is 0 Å². The number of carbonyl (C=O) groups is 5. The van der Waals surface area contributed by atoms with E-state index >= 15 is 0 Å². The number of amides is 5. The number of hydrogen-bond acceptors (Lipinski definition) is 6. The highest BCUT2D eigenvalue weighted by atomic mass is 16.5. The van der Waals surface area contributed by atoms with Gasteiger partial charge in [0.25, 0.3) is 0 Å². The molecule has 206 valence electrons. The first kappa shape index (κ1) is 31.4. The summed E-state index contributed by atoms with van der Waals surface area (Å²) in [6.45, 7) is 9.34. The second kappa shape index (κ2) is 16.2. The first-order valence-electron chi connectivity index (χ1n) is 12.5. The van der Waals surface area contributed by atoms with Gasteiger partial charge in [0.1, 0.15) is 18.7 Å². The van der Waals surface area contributed by atoms with Crippen LogP contribution in [0.4, 0.5) is 10.5 Å². The maximum Gasteiger partial charge on any atom is 0.312 e. The average molecular weight is 520 g/mol. The lowest BCUT2D eigenvalue weighted by molar-refractivity contribution is -0.142. The molecular weight excluding hydrogens is 478 g/mol. The van der Waals surface area contributed by atoms with Crippen LogP contribution in [0.5, 0.6) is 0 Å². The molecule has 11 nitrogen and oxygen atoms in total. The van der Waals surface area contributed by atoms with Gasteiger partial charge in [-0.3, -0.25) is 19.2 Å². The lowest BCUT2D eigenvalue weighted by atomic mass is 10.0. The highest BCUT2D eigenvalue weighted by Crippen LogP contribution is 2.13. The first-order chi connectivity index (χ1) is 17.4. The van der Waals surface area contributed by atoms with Gasteiger partial charge in [0.2, 0.25) is 17.7 Å². The molecule has 1 rings (SSSR count). The Labute approximate surface area is 218 Å². The van der Waals surface area contributed by atoms with Gasteiger partial charge < -0.3 is 31.7 Å². The van der Waals surface area contributed by atoms with Crippen LogP contribution in [-0.2, 0) is 30.5 Å². The molecule has 1 aromatic rings. The van der Waals surface area contributed by atoms with Crippen molar-refractivity contribution in [2.75, 3.05) is 11.9 Å². The lowest BCUT2D eigenvalue weighted by Crippen LogP contribution is -2.54. The van der Waals surface area contributed by atoms with Crippen LogP contribution < -0.4 is 27.0 Å². The van der Waals surface area contributed by atoms with Gasteiger partial charge in [-0.05, 0) is 48.8 Å². The summed E-state index contributed by atoms with van der Waals surface area (Å²) in [6.07, 6.45) is 1.63. The summed E-state index contributed by atoms with van der Waals surface area (Å²) in [6, 6.07) is 4.35. The van der Waals surface area contributed by atoms with E-state index in [1.54, 1.807) is 24.3 Å². The average Bonchev–Trinajstić information content (AvgIpc) is 2.82. The van der Waals surface area contributed by atoms with E-state index in [2.05, 4.69) is 21.3 Å². The van der Waals surface area contributed by atoms with Crippen LogP contribution in [0.25, 0.3) is 0 Å². The summed E-state index contributed by atoms with van der Waals surface area (Å²) in [4.78, 5) is 60.5. The zero-order valence-electron chi connectivity index (χ0n) is 22.4. The molecular formula is C26H41N5O6. The number of hydrogen-bond donors (Lipinski definition) is 5. The highest BCUT2D eigenvalue weighted by Gasteiger charge is 2.28. The number of esters is 1. The maximum absolute atomic E-state index is 13.1. The summed E-state index contributed by atoms with van der Waals surface area (Å²) in [5, 5.41) is 10.8. The number of nitrogens with one attached hydrogen (secondary N) is 4. The fraction of sp³-hybridized carbons (Fsp3) is 0.577. The van der Waals surface area contributed by atoms with Crippen LogP contribution in [-0.4, -0.2) is 48.4 Å². The summed E-state index contributed by atoms with van der Waals surface area (Å²) < 4.78 is 4.96. The number of rotatable bonds is 15. The van der Waals surface area contributed by atoms with Gasteiger partial charge in [0.05, 0.1) is 0 Å². The van der Waals surface area contributed by atoms with Gasteiger partial charge in [-0.1, -0.05) is 39.8 Å². The van der Waals surface area contributed by atoms with E-state index in [1.165, 1.54) is 6.92 Å². The van der Waals surface area contributed by atoms with Crippen LogP contribution in [0.2, 0.25) is 0 Å². The topological polar surface area (TPSA) is 169 Å². The van der Waals surface area contributed by atoms with Crippen molar-refractivity contribution in [3.63, 3.8) is 0 Å². The smallest absolute Gasteiger partial charge is 0.312 e. The second-order valence-corrected chi connectivity index (χ2v) is 9.68. The minimum Gasteiger partial charge on any atom is -0.461 e. The molecule has 2 atom stereocenters. The molecule has 11 heteroatoms. The molecule has 0 saturated heterocycles. The molecule has 6 N–H and O–H groups in total. The van der Waals surface area contributed by atoms with Crippen LogP contribution in [0, 0.1) is 11.8 Å². The normalized spacial score (nSPS) is 12.4. The molecule has 5 amide bonds. The van der Waals surface area contributed by atoms with Gasteiger partial charge in [0, 0.05) is 25.6 Å². The fourth-order valence-corrected chi connectivity index (χ4v) is 3.35. The third kappa shape index (κ3) is 13.3. The number of anilines is 1. The van der Waals surface area contributed by atoms with E-state index in [0.29, 0.717) is 30.9 Å². The van der Waals surface area contributed by atoms with Gasteiger partial charge in [0.15, 0.2) is 0 Å². The van der Waals surface area contributed by atoms with Crippen molar-refractivity contribution >= 4 is 35.4 Å². The van der Waals surface area contributed by atoms with Crippen molar-refractivity contribution in [1.82, 2.24) is 16.0 Å². The van der Waals surface area contributed by atoms with E-state index in [0.717, 1.165) is 5.56 Å². The minimum absolute atomic E-state index is 0.120. The van der Waals surface area contributed by atoms with Crippen molar-refractivity contribution in [3.8, 4) is 0 Å². The quantitative estimate of drug-likeness (QED) is 0.176. The zero-order valence-corrected chi connectivity index (χ0v) is 22.4. The molecule has 1 unspecified atom stereocenters. The van der Waals surface area contributed by atoms with Crippen molar-refractivity contribution in [2.45, 2.75) is 79.0 Å². The second-order valence-electron chi connectivity index (χ2n) is 9.68. The standard InChI is InChI=1S/C26H41N5O6/c1-16(2)8-13-22(33)31-23(17(3)4)25(35)30-21(7-6-14-28-26(27)36)24(34)29-20-11-9-19(10-12-20)15-37-18(5)32/h9-12,16-17,21,23H,6-8,13-15H2,1-5H3,(H,29,34)(H,30,35)(H,31,33)(H3,27,28,36)/t21-,23?/m0/s1. The molecule has 0 aliphatic heterocycles. The maximum atomic E-state index is 13.1. The molecule has 0 aliphatic rings. The minimum atomic E-state index is -0.920. The van der Waals surface area contributed by atoms with Crippen molar-refractivity contribution in [1.29, 1.82) is 0 Å². The Kier molecular flexibility index (Phi) is 13.7. The van der Waals surface area contributed by atoms with Gasteiger partial charge in [-0.2, -0.15) is 0 Å². The Balaban J connectivity index is 2.90. The van der Waals surface area contributed by atoms with Crippen LogP contribution in [0.1, 0.15) is 65.9 Å². The number of primary amides is 1. The Morgan fingerprint density at radius 3 is 2.11 bits per heavy atom. The summed E-state index contributed by atoms with van der Waals surface area (Å²) in [5.41, 5.74) is 6.35. The van der Waals surface area contributed by atoms with Crippen molar-refractivity contribution in [2.24, 2.45) is 17.6 Å². The predicted molar refractivity (Wildman–Crippen MR) is 140 cm³/mol. The van der Waals surface area contributed by atoms with E-state index in [9.17, 15) is 24.0 Å². The third-order valence-electron chi connectivity index (χ3n) is 5.48. The van der Waals surface area contributed by atoms with Crippen LogP contribution in [0.15, 0.2) is 24.3 Å².